The van der Waals surface area contributed by atoms with E-state index in [2.05, 4.69) is 0 Å². The number of benzene rings is 1. The van der Waals surface area contributed by atoms with Gasteiger partial charge in [-0.15, -0.1) is 0 Å². The second-order valence-corrected chi connectivity index (χ2v) is 3.93. The maximum atomic E-state index is 10.5. The Morgan fingerprint density at radius 3 is 2.65 bits per heavy atom. The Kier molecular flexibility index (Phi) is 3.68. The van der Waals surface area contributed by atoms with E-state index in [1.807, 2.05) is 0 Å². The van der Waals surface area contributed by atoms with Gasteiger partial charge in [-0.2, -0.15) is 0 Å². The summed E-state index contributed by atoms with van der Waals surface area (Å²) in [6.07, 6.45) is 0.271. The topological polar surface area (TPSA) is 87.6 Å². The zero-order chi connectivity index (χ0) is 12.3. The van der Waals surface area contributed by atoms with Crippen LogP contribution < -0.4 is 5.73 Å². The summed E-state index contributed by atoms with van der Waals surface area (Å²) in [5.74, 6) is 0. The summed E-state index contributed by atoms with van der Waals surface area (Å²) < 4.78 is 11.0. The summed E-state index contributed by atoms with van der Waals surface area (Å²) in [7, 11) is 0. The maximum absolute atomic E-state index is 10.5. The lowest BCUT2D eigenvalue weighted by molar-refractivity contribution is -0.384. The van der Waals surface area contributed by atoms with Crippen LogP contribution in [0.5, 0.6) is 0 Å². The van der Waals surface area contributed by atoms with Gasteiger partial charge < -0.3 is 15.2 Å². The van der Waals surface area contributed by atoms with Crippen LogP contribution in [0.15, 0.2) is 24.3 Å². The molecule has 92 valence electrons. The van der Waals surface area contributed by atoms with Crippen molar-refractivity contribution in [2.45, 2.75) is 18.8 Å². The monoisotopic (exact) mass is 238 g/mol. The average molecular weight is 238 g/mol. The fourth-order valence-corrected chi connectivity index (χ4v) is 1.61. The molecule has 0 aromatic heterocycles. The molecule has 0 aliphatic carbocycles. The molecule has 1 aromatic rings. The molecular formula is C11H14N2O4. The summed E-state index contributed by atoms with van der Waals surface area (Å²) >= 11 is 0. The minimum Gasteiger partial charge on any atom is -0.348 e. The number of non-ortho nitro benzene ring substituents is 1. The average Bonchev–Trinajstić information content (AvgIpc) is 2.54. The number of rotatable bonds is 2. The van der Waals surface area contributed by atoms with Crippen LogP contribution in [0.4, 0.5) is 5.69 Å². The largest absolute Gasteiger partial charge is 0.348 e. The van der Waals surface area contributed by atoms with Crippen molar-refractivity contribution in [1.29, 1.82) is 0 Å². The van der Waals surface area contributed by atoms with E-state index in [-0.39, 0.29) is 11.7 Å². The maximum Gasteiger partial charge on any atom is 0.269 e. The standard InChI is InChI=1S/C11H14N2O4/c12-9-5-6-16-11(17-7-9)8-1-3-10(4-2-8)13(14)15/h1-4,9,11H,5-7,12H2/t9-,11-/m0/s1. The summed E-state index contributed by atoms with van der Waals surface area (Å²) in [5, 5.41) is 10.5. The fraction of sp³-hybridized carbons (Fsp3) is 0.455. The highest BCUT2D eigenvalue weighted by molar-refractivity contribution is 5.33. The Balaban J connectivity index is 2.08. The first-order valence-corrected chi connectivity index (χ1v) is 5.40. The van der Waals surface area contributed by atoms with E-state index in [4.69, 9.17) is 15.2 Å². The minimum absolute atomic E-state index is 0.0157. The molecule has 1 aliphatic heterocycles. The van der Waals surface area contributed by atoms with E-state index in [1.165, 1.54) is 12.1 Å². The lowest BCUT2D eigenvalue weighted by atomic mass is 10.2. The van der Waals surface area contributed by atoms with E-state index >= 15 is 0 Å². The molecule has 2 atom stereocenters. The van der Waals surface area contributed by atoms with Crippen molar-refractivity contribution in [3.63, 3.8) is 0 Å². The van der Waals surface area contributed by atoms with Gasteiger partial charge in [-0.3, -0.25) is 10.1 Å². The van der Waals surface area contributed by atoms with Gasteiger partial charge in [0.2, 0.25) is 0 Å². The molecule has 6 nitrogen and oxygen atoms in total. The first-order valence-electron chi connectivity index (χ1n) is 5.40. The Morgan fingerprint density at radius 1 is 1.29 bits per heavy atom. The summed E-state index contributed by atoms with van der Waals surface area (Å²) in [6, 6.07) is 6.14. The summed E-state index contributed by atoms with van der Waals surface area (Å²) in [6.45, 7) is 0.963. The fourth-order valence-electron chi connectivity index (χ4n) is 1.61. The molecule has 17 heavy (non-hydrogen) atoms. The molecule has 1 aromatic carbocycles. The van der Waals surface area contributed by atoms with Crippen molar-refractivity contribution in [1.82, 2.24) is 0 Å². The number of nitro groups is 1. The van der Waals surface area contributed by atoms with Crippen molar-refractivity contribution >= 4 is 5.69 Å². The second kappa shape index (κ2) is 5.22. The van der Waals surface area contributed by atoms with Crippen molar-refractivity contribution in [3.8, 4) is 0 Å². The van der Waals surface area contributed by atoms with Gasteiger partial charge >= 0.3 is 0 Å². The smallest absolute Gasteiger partial charge is 0.269 e. The third-order valence-electron chi connectivity index (χ3n) is 2.60. The molecular weight excluding hydrogens is 224 g/mol. The molecule has 1 saturated heterocycles. The Morgan fingerprint density at radius 2 is 2.00 bits per heavy atom. The van der Waals surface area contributed by atoms with E-state index < -0.39 is 11.2 Å². The predicted octanol–water partition coefficient (Wildman–Crippen LogP) is 1.36. The zero-order valence-corrected chi connectivity index (χ0v) is 9.24. The number of hydrogen-bond acceptors (Lipinski definition) is 5. The van der Waals surface area contributed by atoms with Crippen LogP contribution in [-0.4, -0.2) is 24.2 Å². The van der Waals surface area contributed by atoms with Gasteiger partial charge in [0.1, 0.15) is 0 Å². The van der Waals surface area contributed by atoms with E-state index in [0.717, 1.165) is 12.0 Å². The molecule has 0 amide bonds. The third-order valence-corrected chi connectivity index (χ3v) is 2.60. The van der Waals surface area contributed by atoms with Crippen LogP contribution in [-0.2, 0) is 9.47 Å². The zero-order valence-electron chi connectivity index (χ0n) is 9.24. The molecule has 0 saturated carbocycles. The molecule has 6 heteroatoms. The Hall–Kier alpha value is -1.50. The number of ether oxygens (including phenoxy) is 2. The van der Waals surface area contributed by atoms with Crippen molar-refractivity contribution < 1.29 is 14.4 Å². The number of hydrogen-bond donors (Lipinski definition) is 1. The van der Waals surface area contributed by atoms with Crippen LogP contribution >= 0.6 is 0 Å². The van der Waals surface area contributed by atoms with Crippen LogP contribution in [0.25, 0.3) is 0 Å². The molecule has 0 unspecified atom stereocenters. The van der Waals surface area contributed by atoms with Crippen LogP contribution in [0.1, 0.15) is 18.3 Å². The van der Waals surface area contributed by atoms with Crippen LogP contribution in [0.2, 0.25) is 0 Å². The van der Waals surface area contributed by atoms with E-state index in [0.29, 0.717) is 13.2 Å². The Bertz CT molecular complexity index is 393. The first-order chi connectivity index (χ1) is 8.16. The molecule has 1 fully saturated rings. The third kappa shape index (κ3) is 3.00. The van der Waals surface area contributed by atoms with E-state index in [9.17, 15) is 10.1 Å². The van der Waals surface area contributed by atoms with Crippen molar-refractivity contribution in [2.75, 3.05) is 13.2 Å². The molecule has 0 radical (unpaired) electrons. The quantitative estimate of drug-likeness (QED) is 0.620. The highest BCUT2D eigenvalue weighted by Crippen LogP contribution is 2.24. The highest BCUT2D eigenvalue weighted by Gasteiger charge is 2.19. The molecule has 2 N–H and O–H groups in total. The molecule has 1 aliphatic rings. The highest BCUT2D eigenvalue weighted by atomic mass is 16.7. The van der Waals surface area contributed by atoms with Gasteiger partial charge in [0.25, 0.3) is 5.69 Å². The number of nitro benzene ring substituents is 1. The van der Waals surface area contributed by atoms with E-state index in [1.54, 1.807) is 12.1 Å². The van der Waals surface area contributed by atoms with Crippen molar-refractivity contribution in [2.24, 2.45) is 5.73 Å². The molecule has 0 bridgehead atoms. The lowest BCUT2D eigenvalue weighted by Gasteiger charge is -2.15. The molecule has 0 spiro atoms. The van der Waals surface area contributed by atoms with Gasteiger partial charge in [0.05, 0.1) is 18.1 Å². The first kappa shape index (κ1) is 12.0. The molecule has 1 heterocycles. The second-order valence-electron chi connectivity index (χ2n) is 3.93. The SMILES string of the molecule is N[C@H]1CCO[C@H](c2ccc([N+](=O)[O-])cc2)OC1. The van der Waals surface area contributed by atoms with Gasteiger partial charge in [0, 0.05) is 23.7 Å². The van der Waals surface area contributed by atoms with Gasteiger partial charge in [-0.25, -0.2) is 0 Å². The van der Waals surface area contributed by atoms with Gasteiger partial charge in [0.15, 0.2) is 6.29 Å². The minimum atomic E-state index is -0.482. The normalized spacial score (nSPS) is 25.2. The Labute approximate surface area is 98.5 Å². The summed E-state index contributed by atoms with van der Waals surface area (Å²) in [4.78, 5) is 10.1. The summed E-state index contributed by atoms with van der Waals surface area (Å²) in [5.41, 5.74) is 6.57. The number of nitrogens with two attached hydrogens (primary N) is 1. The lowest BCUT2D eigenvalue weighted by Crippen LogP contribution is -2.25. The molecule has 2 rings (SSSR count). The number of nitrogens with zero attached hydrogens (tertiary/aromatic N) is 1. The van der Waals surface area contributed by atoms with Crippen LogP contribution in [0.3, 0.4) is 0 Å². The van der Waals surface area contributed by atoms with Gasteiger partial charge in [-0.1, -0.05) is 0 Å². The van der Waals surface area contributed by atoms with Crippen LogP contribution in [0, 0.1) is 10.1 Å². The van der Waals surface area contributed by atoms with Crippen molar-refractivity contribution in [3.05, 3.63) is 39.9 Å². The predicted molar refractivity (Wildman–Crippen MR) is 60.3 cm³/mol. The van der Waals surface area contributed by atoms with Gasteiger partial charge in [-0.05, 0) is 18.6 Å².